The van der Waals surface area contributed by atoms with Crippen molar-refractivity contribution in [3.63, 3.8) is 0 Å². The van der Waals surface area contributed by atoms with E-state index in [1.165, 1.54) is 5.57 Å². The number of rotatable bonds is 2. The van der Waals surface area contributed by atoms with Gasteiger partial charge < -0.3 is 15.5 Å². The minimum absolute atomic E-state index is 0.118. The molecule has 0 aromatic rings. The number of hydrogen-bond donors (Lipinski definition) is 1. The van der Waals surface area contributed by atoms with Gasteiger partial charge in [-0.25, -0.2) is 4.79 Å². The highest BCUT2D eigenvalue weighted by atomic mass is 16.2. The van der Waals surface area contributed by atoms with Gasteiger partial charge in [0.1, 0.15) is 0 Å². The highest BCUT2D eigenvalue weighted by molar-refractivity contribution is 5.74. The first-order valence-electron chi connectivity index (χ1n) is 5.49. The number of nitrogens with zero attached hydrogens (tertiary/aromatic N) is 2. The number of carbonyl (C=O) groups is 1. The van der Waals surface area contributed by atoms with Gasteiger partial charge in [-0.15, -0.1) is 0 Å². The van der Waals surface area contributed by atoms with Crippen LogP contribution in [0, 0.1) is 0 Å². The molecule has 0 aromatic carbocycles. The van der Waals surface area contributed by atoms with Gasteiger partial charge in [-0.2, -0.15) is 0 Å². The molecule has 15 heavy (non-hydrogen) atoms. The predicted molar refractivity (Wildman–Crippen MR) is 61.6 cm³/mol. The molecule has 2 amide bonds. The normalized spacial score (nSPS) is 16.5. The number of nitrogens with two attached hydrogens (primary N) is 1. The lowest BCUT2D eigenvalue weighted by Gasteiger charge is -2.30. The second-order valence-corrected chi connectivity index (χ2v) is 4.10. The molecule has 4 nitrogen and oxygen atoms in total. The van der Waals surface area contributed by atoms with Crippen LogP contribution in [0.25, 0.3) is 0 Å². The molecule has 1 fully saturated rings. The van der Waals surface area contributed by atoms with E-state index in [0.29, 0.717) is 6.54 Å². The Hall–Kier alpha value is -1.03. The number of likely N-dealkylation sites (tertiary alicyclic amines) is 1. The Kier molecular flexibility index (Phi) is 4.62. The largest absolute Gasteiger partial charge is 0.331 e. The Morgan fingerprint density at radius 3 is 2.53 bits per heavy atom. The fourth-order valence-electron chi connectivity index (χ4n) is 1.76. The number of carbonyl (C=O) groups excluding carboxylic acids is 1. The molecule has 2 N–H and O–H groups in total. The Balaban J connectivity index is 2.39. The van der Waals surface area contributed by atoms with Crippen molar-refractivity contribution in [2.24, 2.45) is 5.73 Å². The maximum atomic E-state index is 11.6. The molecule has 0 spiro atoms. The molecule has 0 aromatic heterocycles. The van der Waals surface area contributed by atoms with E-state index in [9.17, 15) is 4.79 Å². The summed E-state index contributed by atoms with van der Waals surface area (Å²) in [5.74, 6) is 0. The van der Waals surface area contributed by atoms with Gasteiger partial charge in [0.15, 0.2) is 0 Å². The van der Waals surface area contributed by atoms with Gasteiger partial charge in [0.2, 0.25) is 0 Å². The summed E-state index contributed by atoms with van der Waals surface area (Å²) in [5.41, 5.74) is 6.89. The molecular weight excluding hydrogens is 190 g/mol. The Labute approximate surface area is 91.7 Å². The fourth-order valence-corrected chi connectivity index (χ4v) is 1.76. The molecule has 1 aliphatic heterocycles. The molecule has 0 saturated carbocycles. The van der Waals surface area contributed by atoms with Gasteiger partial charge >= 0.3 is 6.03 Å². The molecular formula is C11H21N3O. The molecule has 1 heterocycles. The number of amides is 2. The Morgan fingerprint density at radius 1 is 1.47 bits per heavy atom. The van der Waals surface area contributed by atoms with Crippen LogP contribution >= 0.6 is 0 Å². The third kappa shape index (κ3) is 3.55. The van der Waals surface area contributed by atoms with E-state index in [4.69, 9.17) is 5.73 Å². The zero-order chi connectivity index (χ0) is 11.3. The van der Waals surface area contributed by atoms with E-state index >= 15 is 0 Å². The third-order valence-corrected chi connectivity index (χ3v) is 2.66. The summed E-state index contributed by atoms with van der Waals surface area (Å²) in [7, 11) is 3.59. The van der Waals surface area contributed by atoms with Crippen LogP contribution < -0.4 is 5.73 Å². The Bertz CT molecular complexity index is 238. The summed E-state index contributed by atoms with van der Waals surface area (Å²) < 4.78 is 0. The number of hydrogen-bond acceptors (Lipinski definition) is 2. The average molecular weight is 211 g/mol. The van der Waals surface area contributed by atoms with Crippen molar-refractivity contribution in [3.05, 3.63) is 11.6 Å². The third-order valence-electron chi connectivity index (χ3n) is 2.66. The van der Waals surface area contributed by atoms with Crippen LogP contribution in [-0.2, 0) is 0 Å². The van der Waals surface area contributed by atoms with Gasteiger partial charge in [0.25, 0.3) is 0 Å². The van der Waals surface area contributed by atoms with E-state index in [1.54, 1.807) is 19.0 Å². The Morgan fingerprint density at radius 2 is 2.07 bits per heavy atom. The minimum Gasteiger partial charge on any atom is -0.331 e. The summed E-state index contributed by atoms with van der Waals surface area (Å²) in [6.07, 6.45) is 5.17. The lowest BCUT2D eigenvalue weighted by molar-refractivity contribution is 0.167. The second kappa shape index (κ2) is 5.75. The summed E-state index contributed by atoms with van der Waals surface area (Å²) in [6.45, 7) is 2.39. The van der Waals surface area contributed by atoms with Crippen LogP contribution in [0.15, 0.2) is 11.6 Å². The zero-order valence-corrected chi connectivity index (χ0v) is 9.70. The maximum Gasteiger partial charge on any atom is 0.319 e. The highest BCUT2D eigenvalue weighted by Gasteiger charge is 2.19. The molecule has 0 atom stereocenters. The summed E-state index contributed by atoms with van der Waals surface area (Å²) in [4.78, 5) is 15.2. The first kappa shape index (κ1) is 12.0. The van der Waals surface area contributed by atoms with Crippen LogP contribution in [0.1, 0.15) is 19.3 Å². The monoisotopic (exact) mass is 211 g/mol. The molecule has 1 saturated heterocycles. The van der Waals surface area contributed by atoms with Crippen LogP contribution in [0.4, 0.5) is 4.79 Å². The lowest BCUT2D eigenvalue weighted by atomic mass is 10.0. The van der Waals surface area contributed by atoms with Crippen molar-refractivity contribution in [3.8, 4) is 0 Å². The smallest absolute Gasteiger partial charge is 0.319 e. The molecule has 0 unspecified atom stereocenters. The van der Waals surface area contributed by atoms with E-state index in [0.717, 1.165) is 32.4 Å². The predicted octanol–water partition coefficient (Wildman–Crippen LogP) is 1.04. The molecule has 0 bridgehead atoms. The van der Waals surface area contributed by atoms with E-state index in [2.05, 4.69) is 6.08 Å². The van der Waals surface area contributed by atoms with Crippen molar-refractivity contribution in [1.29, 1.82) is 0 Å². The number of piperidine rings is 1. The van der Waals surface area contributed by atoms with Crippen molar-refractivity contribution >= 4 is 6.03 Å². The topological polar surface area (TPSA) is 49.6 Å². The summed E-state index contributed by atoms with van der Waals surface area (Å²) in [5, 5.41) is 0. The van der Waals surface area contributed by atoms with Crippen LogP contribution in [0.3, 0.4) is 0 Å². The van der Waals surface area contributed by atoms with Crippen LogP contribution in [0.5, 0.6) is 0 Å². The summed E-state index contributed by atoms with van der Waals surface area (Å²) in [6, 6.07) is 0.118. The van der Waals surface area contributed by atoms with Crippen LogP contribution in [0.2, 0.25) is 0 Å². The quantitative estimate of drug-likeness (QED) is 0.694. The second-order valence-electron chi connectivity index (χ2n) is 4.10. The molecule has 1 rings (SSSR count). The average Bonchev–Trinajstić information content (AvgIpc) is 2.26. The lowest BCUT2D eigenvalue weighted by Crippen LogP contribution is -2.42. The van der Waals surface area contributed by atoms with Crippen molar-refractivity contribution in [2.75, 3.05) is 33.7 Å². The van der Waals surface area contributed by atoms with E-state index in [-0.39, 0.29) is 6.03 Å². The van der Waals surface area contributed by atoms with Crippen LogP contribution in [-0.4, -0.2) is 49.6 Å². The zero-order valence-electron chi connectivity index (χ0n) is 9.70. The SMILES string of the molecule is CN(C)C(=O)N1CCC(=CCCN)CC1. The summed E-state index contributed by atoms with van der Waals surface area (Å²) >= 11 is 0. The van der Waals surface area contributed by atoms with Gasteiger partial charge in [0.05, 0.1) is 0 Å². The molecule has 0 radical (unpaired) electrons. The standard InChI is InChI=1S/C11H21N3O/c1-13(2)11(15)14-8-5-10(6-9-14)4-3-7-12/h4H,3,5-9,12H2,1-2H3. The number of urea groups is 1. The molecule has 1 aliphatic rings. The van der Waals surface area contributed by atoms with Gasteiger partial charge in [-0.1, -0.05) is 11.6 Å². The van der Waals surface area contributed by atoms with Gasteiger partial charge in [-0.05, 0) is 25.8 Å². The fraction of sp³-hybridized carbons (Fsp3) is 0.727. The minimum atomic E-state index is 0.118. The molecule has 86 valence electrons. The van der Waals surface area contributed by atoms with E-state index < -0.39 is 0 Å². The first-order chi connectivity index (χ1) is 7.15. The molecule has 4 heteroatoms. The highest BCUT2D eigenvalue weighted by Crippen LogP contribution is 2.17. The maximum absolute atomic E-state index is 11.6. The molecule has 0 aliphatic carbocycles. The first-order valence-corrected chi connectivity index (χ1v) is 5.49. The van der Waals surface area contributed by atoms with Crippen molar-refractivity contribution in [1.82, 2.24) is 9.80 Å². The van der Waals surface area contributed by atoms with Crippen molar-refractivity contribution < 1.29 is 4.79 Å². The van der Waals surface area contributed by atoms with E-state index in [1.807, 2.05) is 4.90 Å². The van der Waals surface area contributed by atoms with Gasteiger partial charge in [-0.3, -0.25) is 0 Å². The van der Waals surface area contributed by atoms with Gasteiger partial charge in [0, 0.05) is 27.2 Å². The van der Waals surface area contributed by atoms with Crippen molar-refractivity contribution in [2.45, 2.75) is 19.3 Å².